The van der Waals surface area contributed by atoms with Gasteiger partial charge in [-0.05, 0) is 74.2 Å². The predicted molar refractivity (Wildman–Crippen MR) is 119 cm³/mol. The lowest BCUT2D eigenvalue weighted by Gasteiger charge is -2.22. The van der Waals surface area contributed by atoms with Crippen molar-refractivity contribution in [1.29, 1.82) is 0 Å². The Labute approximate surface area is 178 Å². The number of nitrogens with one attached hydrogen (secondary N) is 1. The van der Waals surface area contributed by atoms with E-state index in [1.165, 1.54) is 30.4 Å². The van der Waals surface area contributed by atoms with E-state index in [4.69, 9.17) is 9.84 Å². The Hall–Kier alpha value is -3.08. The second kappa shape index (κ2) is 8.74. The summed E-state index contributed by atoms with van der Waals surface area (Å²) < 4.78 is 7.01. The van der Waals surface area contributed by atoms with Gasteiger partial charge in [0, 0.05) is 11.6 Å². The largest absolute Gasteiger partial charge is 0.497 e. The molecule has 2 aromatic carbocycles. The van der Waals surface area contributed by atoms with Crippen molar-refractivity contribution in [3.05, 3.63) is 65.4 Å². The zero-order valence-corrected chi connectivity index (χ0v) is 17.9. The Morgan fingerprint density at radius 1 is 1.00 bits per heavy atom. The summed E-state index contributed by atoms with van der Waals surface area (Å²) in [6.45, 7) is 4.19. The number of methoxy groups -OCH3 is 1. The standard InChI is InChI=1S/C25H29N3O2/c1-17-9-10-19(15-18(17)2)23-16-24(25(29)26-20-7-5-4-6-8-20)28(27-23)21-11-13-22(30-3)14-12-21/h9-16,20H,4-8H2,1-3H3,(H,26,29). The summed E-state index contributed by atoms with van der Waals surface area (Å²) in [6, 6.07) is 16.0. The number of rotatable bonds is 5. The molecule has 0 spiro atoms. The zero-order chi connectivity index (χ0) is 21.1. The minimum Gasteiger partial charge on any atom is -0.497 e. The van der Waals surface area contributed by atoms with Gasteiger partial charge in [-0.2, -0.15) is 5.10 Å². The fraction of sp³-hybridized carbons (Fsp3) is 0.360. The van der Waals surface area contributed by atoms with E-state index in [1.807, 2.05) is 30.3 Å². The van der Waals surface area contributed by atoms with E-state index < -0.39 is 0 Å². The molecule has 1 heterocycles. The van der Waals surface area contributed by atoms with Gasteiger partial charge >= 0.3 is 0 Å². The highest BCUT2D eigenvalue weighted by Crippen LogP contribution is 2.25. The maximum absolute atomic E-state index is 13.2. The van der Waals surface area contributed by atoms with E-state index in [9.17, 15) is 4.79 Å². The van der Waals surface area contributed by atoms with Crippen LogP contribution in [-0.2, 0) is 0 Å². The summed E-state index contributed by atoms with van der Waals surface area (Å²) in [4.78, 5) is 13.2. The Morgan fingerprint density at radius 2 is 1.73 bits per heavy atom. The molecule has 5 heteroatoms. The number of benzene rings is 2. The van der Waals surface area contributed by atoms with E-state index in [1.54, 1.807) is 11.8 Å². The van der Waals surface area contributed by atoms with Crippen LogP contribution in [0.5, 0.6) is 5.75 Å². The minimum atomic E-state index is -0.0692. The average Bonchev–Trinajstić information content (AvgIpc) is 3.22. The maximum atomic E-state index is 13.2. The zero-order valence-electron chi connectivity index (χ0n) is 17.9. The van der Waals surface area contributed by atoms with Crippen LogP contribution in [0.25, 0.3) is 16.9 Å². The maximum Gasteiger partial charge on any atom is 0.270 e. The first-order valence-corrected chi connectivity index (χ1v) is 10.7. The van der Waals surface area contributed by atoms with Gasteiger partial charge in [-0.3, -0.25) is 4.79 Å². The van der Waals surface area contributed by atoms with Gasteiger partial charge < -0.3 is 10.1 Å². The number of aryl methyl sites for hydroxylation is 2. The van der Waals surface area contributed by atoms with Crippen LogP contribution >= 0.6 is 0 Å². The molecular formula is C25H29N3O2. The van der Waals surface area contributed by atoms with E-state index in [2.05, 4.69) is 37.4 Å². The number of hydrogen-bond donors (Lipinski definition) is 1. The van der Waals surface area contributed by atoms with Crippen LogP contribution in [0.15, 0.2) is 48.5 Å². The summed E-state index contributed by atoms with van der Waals surface area (Å²) in [5.41, 5.74) is 5.64. The molecule has 0 aliphatic heterocycles. The van der Waals surface area contributed by atoms with Crippen LogP contribution in [0.4, 0.5) is 0 Å². The van der Waals surface area contributed by atoms with E-state index >= 15 is 0 Å². The molecule has 1 aliphatic carbocycles. The van der Waals surface area contributed by atoms with Crippen molar-refractivity contribution in [3.63, 3.8) is 0 Å². The van der Waals surface area contributed by atoms with Crippen molar-refractivity contribution < 1.29 is 9.53 Å². The lowest BCUT2D eigenvalue weighted by Crippen LogP contribution is -2.37. The highest BCUT2D eigenvalue weighted by Gasteiger charge is 2.22. The molecule has 156 valence electrons. The highest BCUT2D eigenvalue weighted by molar-refractivity contribution is 5.94. The first-order chi connectivity index (χ1) is 14.5. The predicted octanol–water partition coefficient (Wildman–Crippen LogP) is 5.23. The van der Waals surface area contributed by atoms with Gasteiger partial charge in [0.1, 0.15) is 11.4 Å². The first-order valence-electron chi connectivity index (χ1n) is 10.7. The lowest BCUT2D eigenvalue weighted by atomic mass is 9.95. The van der Waals surface area contributed by atoms with E-state index in [-0.39, 0.29) is 11.9 Å². The molecule has 0 radical (unpaired) electrons. The Balaban J connectivity index is 1.72. The molecule has 30 heavy (non-hydrogen) atoms. The Morgan fingerprint density at radius 3 is 2.40 bits per heavy atom. The molecule has 0 atom stereocenters. The summed E-state index contributed by atoms with van der Waals surface area (Å²) in [5, 5.41) is 8.03. The molecule has 1 N–H and O–H groups in total. The smallest absolute Gasteiger partial charge is 0.270 e. The molecule has 0 unspecified atom stereocenters. The van der Waals surface area contributed by atoms with Gasteiger partial charge in [0.15, 0.2) is 0 Å². The van der Waals surface area contributed by atoms with Crippen LogP contribution in [0.3, 0.4) is 0 Å². The van der Waals surface area contributed by atoms with Crippen molar-refractivity contribution in [3.8, 4) is 22.7 Å². The van der Waals surface area contributed by atoms with Gasteiger partial charge in [0.25, 0.3) is 5.91 Å². The molecule has 1 aliphatic rings. The number of carbonyl (C=O) groups is 1. The first kappa shape index (κ1) is 20.2. The molecule has 1 fully saturated rings. The number of nitrogens with zero attached hydrogens (tertiary/aromatic N) is 2. The minimum absolute atomic E-state index is 0.0692. The number of ether oxygens (including phenoxy) is 1. The third-order valence-electron chi connectivity index (χ3n) is 6.00. The molecule has 4 rings (SSSR count). The topological polar surface area (TPSA) is 56.2 Å². The molecular weight excluding hydrogens is 374 g/mol. The van der Waals surface area contributed by atoms with Gasteiger partial charge in [-0.15, -0.1) is 0 Å². The van der Waals surface area contributed by atoms with Crippen molar-refractivity contribution >= 4 is 5.91 Å². The Kier molecular flexibility index (Phi) is 5.88. The molecule has 3 aromatic rings. The summed E-state index contributed by atoms with van der Waals surface area (Å²) in [7, 11) is 1.64. The lowest BCUT2D eigenvalue weighted by molar-refractivity contribution is 0.0920. The van der Waals surface area contributed by atoms with Crippen LogP contribution in [0.1, 0.15) is 53.7 Å². The Bertz CT molecular complexity index is 1030. The normalized spacial score (nSPS) is 14.5. The molecule has 1 aromatic heterocycles. The summed E-state index contributed by atoms with van der Waals surface area (Å²) in [6.07, 6.45) is 5.71. The molecule has 1 amide bonds. The summed E-state index contributed by atoms with van der Waals surface area (Å²) in [5.74, 6) is 0.703. The van der Waals surface area contributed by atoms with Gasteiger partial charge in [0.2, 0.25) is 0 Å². The second-order valence-electron chi connectivity index (χ2n) is 8.13. The van der Waals surface area contributed by atoms with Crippen LogP contribution in [0, 0.1) is 13.8 Å². The van der Waals surface area contributed by atoms with E-state index in [0.29, 0.717) is 5.69 Å². The summed E-state index contributed by atoms with van der Waals surface area (Å²) >= 11 is 0. The fourth-order valence-electron chi connectivity index (χ4n) is 4.01. The molecule has 5 nitrogen and oxygen atoms in total. The monoisotopic (exact) mass is 403 g/mol. The quantitative estimate of drug-likeness (QED) is 0.635. The number of aromatic nitrogens is 2. The van der Waals surface area contributed by atoms with Crippen molar-refractivity contribution in [1.82, 2.24) is 15.1 Å². The fourth-order valence-corrected chi connectivity index (χ4v) is 4.01. The second-order valence-corrected chi connectivity index (χ2v) is 8.13. The third kappa shape index (κ3) is 4.25. The number of hydrogen-bond acceptors (Lipinski definition) is 3. The third-order valence-corrected chi connectivity index (χ3v) is 6.00. The van der Waals surface area contributed by atoms with Gasteiger partial charge in [-0.1, -0.05) is 31.4 Å². The van der Waals surface area contributed by atoms with Gasteiger partial charge in [0.05, 0.1) is 18.5 Å². The van der Waals surface area contributed by atoms with Crippen LogP contribution < -0.4 is 10.1 Å². The van der Waals surface area contributed by atoms with Crippen molar-refractivity contribution in [2.24, 2.45) is 0 Å². The van der Waals surface area contributed by atoms with Gasteiger partial charge in [-0.25, -0.2) is 4.68 Å². The van der Waals surface area contributed by atoms with Crippen molar-refractivity contribution in [2.75, 3.05) is 7.11 Å². The highest BCUT2D eigenvalue weighted by atomic mass is 16.5. The SMILES string of the molecule is COc1ccc(-n2nc(-c3ccc(C)c(C)c3)cc2C(=O)NC2CCCCC2)cc1. The number of carbonyl (C=O) groups excluding carboxylic acids is 1. The van der Waals surface area contributed by atoms with Crippen LogP contribution in [0.2, 0.25) is 0 Å². The molecule has 0 saturated heterocycles. The average molecular weight is 404 g/mol. The molecule has 0 bridgehead atoms. The van der Waals surface area contributed by atoms with Crippen molar-refractivity contribution in [2.45, 2.75) is 52.0 Å². The number of amides is 1. The van der Waals surface area contributed by atoms with E-state index in [0.717, 1.165) is 35.5 Å². The van der Waals surface area contributed by atoms with Crippen LogP contribution in [-0.4, -0.2) is 28.8 Å². The molecule has 1 saturated carbocycles.